The molecular formula is C16H26ClIN4O2. The fourth-order valence-corrected chi connectivity index (χ4v) is 2.03. The van der Waals surface area contributed by atoms with Gasteiger partial charge in [-0.25, -0.2) is 4.99 Å². The number of aliphatic imine (C=N–C) groups is 1. The molecule has 0 atom stereocenters. The van der Waals surface area contributed by atoms with Crippen molar-refractivity contribution >= 4 is 47.4 Å². The molecule has 0 unspecified atom stereocenters. The molecule has 0 aliphatic heterocycles. The number of ether oxygens (including phenoxy) is 1. The van der Waals surface area contributed by atoms with E-state index in [-0.39, 0.29) is 36.4 Å². The highest BCUT2D eigenvalue weighted by Gasteiger charge is 2.08. The van der Waals surface area contributed by atoms with Crippen molar-refractivity contribution in [3.05, 3.63) is 34.9 Å². The Labute approximate surface area is 166 Å². The van der Waals surface area contributed by atoms with E-state index < -0.39 is 0 Å². The topological polar surface area (TPSA) is 66.0 Å². The van der Waals surface area contributed by atoms with Gasteiger partial charge in [0, 0.05) is 38.8 Å². The predicted molar refractivity (Wildman–Crippen MR) is 109 cm³/mol. The Bertz CT molecular complexity index is 511. The van der Waals surface area contributed by atoms with Crippen molar-refractivity contribution in [2.24, 2.45) is 4.99 Å². The van der Waals surface area contributed by atoms with Crippen LogP contribution in [0.1, 0.15) is 12.5 Å². The van der Waals surface area contributed by atoms with Crippen molar-refractivity contribution in [3.63, 3.8) is 0 Å². The first-order chi connectivity index (χ1) is 11.1. The summed E-state index contributed by atoms with van der Waals surface area (Å²) in [7, 11) is 3.53. The highest BCUT2D eigenvalue weighted by atomic mass is 127. The Hall–Kier alpha value is -1.06. The number of halogens is 2. The third-order valence-corrected chi connectivity index (χ3v) is 3.28. The molecule has 1 aromatic carbocycles. The van der Waals surface area contributed by atoms with Crippen LogP contribution < -0.4 is 10.6 Å². The predicted octanol–water partition coefficient (Wildman–Crippen LogP) is 2.12. The Morgan fingerprint density at radius 2 is 1.96 bits per heavy atom. The SMILES string of the molecule is CCNC(=NCC(=O)NCCOC)N(C)Cc1ccc(Cl)cc1.I. The molecule has 136 valence electrons. The molecule has 0 spiro atoms. The third kappa shape index (κ3) is 9.29. The lowest BCUT2D eigenvalue weighted by Gasteiger charge is -2.22. The van der Waals surface area contributed by atoms with Gasteiger partial charge in [0.2, 0.25) is 5.91 Å². The van der Waals surface area contributed by atoms with Gasteiger partial charge in [0.05, 0.1) is 6.61 Å². The van der Waals surface area contributed by atoms with E-state index in [1.54, 1.807) is 7.11 Å². The third-order valence-electron chi connectivity index (χ3n) is 3.03. The molecule has 2 N–H and O–H groups in total. The summed E-state index contributed by atoms with van der Waals surface area (Å²) in [5, 5.41) is 6.64. The van der Waals surface area contributed by atoms with Gasteiger partial charge >= 0.3 is 0 Å². The fraction of sp³-hybridized carbons (Fsp3) is 0.500. The van der Waals surface area contributed by atoms with Gasteiger partial charge in [-0.2, -0.15) is 0 Å². The molecule has 0 aromatic heterocycles. The minimum atomic E-state index is -0.127. The number of hydrogen-bond donors (Lipinski definition) is 2. The molecule has 0 fully saturated rings. The van der Waals surface area contributed by atoms with Crippen LogP contribution in [0.25, 0.3) is 0 Å². The van der Waals surface area contributed by atoms with Crippen LogP contribution >= 0.6 is 35.6 Å². The van der Waals surface area contributed by atoms with E-state index in [2.05, 4.69) is 15.6 Å². The molecule has 1 rings (SSSR count). The summed E-state index contributed by atoms with van der Waals surface area (Å²) in [6, 6.07) is 7.66. The van der Waals surface area contributed by atoms with E-state index in [4.69, 9.17) is 16.3 Å². The number of rotatable bonds is 8. The summed E-state index contributed by atoms with van der Waals surface area (Å²) in [5.41, 5.74) is 1.12. The summed E-state index contributed by atoms with van der Waals surface area (Å²) in [4.78, 5) is 18.0. The van der Waals surface area contributed by atoms with E-state index >= 15 is 0 Å². The molecular weight excluding hydrogens is 443 g/mol. The van der Waals surface area contributed by atoms with Crippen molar-refractivity contribution in [2.45, 2.75) is 13.5 Å². The second-order valence-corrected chi connectivity index (χ2v) is 5.43. The number of guanidine groups is 1. The molecule has 1 amide bonds. The van der Waals surface area contributed by atoms with Crippen molar-refractivity contribution in [3.8, 4) is 0 Å². The zero-order valence-electron chi connectivity index (χ0n) is 14.3. The normalized spacial score (nSPS) is 10.8. The summed E-state index contributed by atoms with van der Waals surface area (Å²) in [5.74, 6) is 0.557. The van der Waals surface area contributed by atoms with Crippen molar-refractivity contribution in [2.75, 3.05) is 40.4 Å². The molecule has 0 bridgehead atoms. The summed E-state index contributed by atoms with van der Waals surface area (Å²) in [6.45, 7) is 4.46. The Morgan fingerprint density at radius 3 is 2.54 bits per heavy atom. The standard InChI is InChI=1S/C16H25ClN4O2.HI/c1-4-18-16(20-11-15(22)19-9-10-23-3)21(2)12-13-5-7-14(17)8-6-13;/h5-8H,4,9-12H2,1-3H3,(H,18,20)(H,19,22);1H. The molecule has 0 aliphatic carbocycles. The molecule has 6 nitrogen and oxygen atoms in total. The second kappa shape index (κ2) is 13.3. The molecule has 0 aliphatic rings. The maximum absolute atomic E-state index is 11.7. The Kier molecular flexibility index (Phi) is 12.7. The van der Waals surface area contributed by atoms with Gasteiger partial charge in [-0.1, -0.05) is 23.7 Å². The molecule has 24 heavy (non-hydrogen) atoms. The number of nitrogens with one attached hydrogen (secondary N) is 2. The molecule has 0 heterocycles. The van der Waals surface area contributed by atoms with Crippen molar-refractivity contribution < 1.29 is 9.53 Å². The average molecular weight is 469 g/mol. The highest BCUT2D eigenvalue weighted by molar-refractivity contribution is 14.0. The van der Waals surface area contributed by atoms with Crippen molar-refractivity contribution in [1.82, 2.24) is 15.5 Å². The number of nitrogens with zero attached hydrogens (tertiary/aromatic N) is 2. The number of benzene rings is 1. The van der Waals surface area contributed by atoms with Crippen LogP contribution in [0.2, 0.25) is 5.02 Å². The van der Waals surface area contributed by atoms with E-state index in [0.29, 0.717) is 30.7 Å². The Balaban J connectivity index is 0.00000529. The maximum atomic E-state index is 11.7. The average Bonchev–Trinajstić information content (AvgIpc) is 2.53. The van der Waals surface area contributed by atoms with Crippen LogP contribution in [0, 0.1) is 0 Å². The van der Waals surface area contributed by atoms with Crippen LogP contribution in [0.3, 0.4) is 0 Å². The van der Waals surface area contributed by atoms with E-state index in [1.807, 2.05) is 43.1 Å². The van der Waals surface area contributed by atoms with Crippen LogP contribution in [0.15, 0.2) is 29.3 Å². The molecule has 0 saturated carbocycles. The summed E-state index contributed by atoms with van der Waals surface area (Å²) in [6.07, 6.45) is 0. The lowest BCUT2D eigenvalue weighted by molar-refractivity contribution is -0.119. The molecule has 0 radical (unpaired) electrons. The second-order valence-electron chi connectivity index (χ2n) is 5.00. The van der Waals surface area contributed by atoms with Gasteiger partial charge < -0.3 is 20.3 Å². The number of amides is 1. The number of carbonyl (C=O) groups excluding carboxylic acids is 1. The van der Waals surface area contributed by atoms with Crippen LogP contribution in [-0.4, -0.2) is 57.2 Å². The van der Waals surface area contributed by atoms with Gasteiger partial charge in [0.25, 0.3) is 0 Å². The van der Waals surface area contributed by atoms with Crippen LogP contribution in [0.5, 0.6) is 0 Å². The molecule has 1 aromatic rings. The van der Waals surface area contributed by atoms with E-state index in [9.17, 15) is 4.79 Å². The van der Waals surface area contributed by atoms with Crippen LogP contribution in [0.4, 0.5) is 0 Å². The first kappa shape index (κ1) is 22.9. The number of hydrogen-bond acceptors (Lipinski definition) is 3. The van der Waals surface area contributed by atoms with Crippen LogP contribution in [-0.2, 0) is 16.1 Å². The maximum Gasteiger partial charge on any atom is 0.241 e. The quantitative estimate of drug-likeness (QED) is 0.265. The van der Waals surface area contributed by atoms with Gasteiger partial charge in [0.1, 0.15) is 6.54 Å². The van der Waals surface area contributed by atoms with Gasteiger partial charge in [-0.3, -0.25) is 4.79 Å². The summed E-state index contributed by atoms with van der Waals surface area (Å²) >= 11 is 5.89. The lowest BCUT2D eigenvalue weighted by atomic mass is 10.2. The van der Waals surface area contributed by atoms with E-state index in [0.717, 1.165) is 12.1 Å². The smallest absolute Gasteiger partial charge is 0.241 e. The minimum absolute atomic E-state index is 0. The fourth-order valence-electron chi connectivity index (χ4n) is 1.90. The first-order valence-corrected chi connectivity index (χ1v) is 7.94. The largest absolute Gasteiger partial charge is 0.383 e. The van der Waals surface area contributed by atoms with Gasteiger partial charge in [0.15, 0.2) is 5.96 Å². The molecule has 0 saturated heterocycles. The van der Waals surface area contributed by atoms with Crippen molar-refractivity contribution in [1.29, 1.82) is 0 Å². The molecule has 8 heteroatoms. The minimum Gasteiger partial charge on any atom is -0.383 e. The monoisotopic (exact) mass is 468 g/mol. The number of methoxy groups -OCH3 is 1. The zero-order chi connectivity index (χ0) is 17.1. The highest BCUT2D eigenvalue weighted by Crippen LogP contribution is 2.10. The summed E-state index contributed by atoms with van der Waals surface area (Å²) < 4.78 is 4.89. The van der Waals surface area contributed by atoms with Gasteiger partial charge in [-0.05, 0) is 24.6 Å². The Morgan fingerprint density at radius 1 is 1.29 bits per heavy atom. The van der Waals surface area contributed by atoms with Gasteiger partial charge in [-0.15, -0.1) is 24.0 Å². The lowest BCUT2D eigenvalue weighted by Crippen LogP contribution is -2.39. The zero-order valence-corrected chi connectivity index (χ0v) is 17.4. The number of carbonyl (C=O) groups is 1. The first-order valence-electron chi connectivity index (χ1n) is 7.56. The van der Waals surface area contributed by atoms with E-state index in [1.165, 1.54) is 0 Å².